The van der Waals surface area contributed by atoms with E-state index in [-0.39, 0.29) is 25.2 Å². The molecule has 0 spiro atoms. The Balaban J connectivity index is 2.68. The molecule has 1 rings (SSSR count). The fourth-order valence-electron chi connectivity index (χ4n) is 2.03. The van der Waals surface area contributed by atoms with Crippen molar-refractivity contribution < 1.29 is 14.7 Å². The molecule has 21 heavy (non-hydrogen) atoms. The maximum atomic E-state index is 11.8. The maximum Gasteiger partial charge on any atom is 0.325 e. The van der Waals surface area contributed by atoms with Gasteiger partial charge in [-0.25, -0.2) is 4.79 Å². The topological polar surface area (TPSA) is 132 Å². The Morgan fingerprint density at radius 1 is 1.24 bits per heavy atom. The third kappa shape index (κ3) is 5.25. The molecule has 0 aromatic carbocycles. The van der Waals surface area contributed by atoms with E-state index >= 15 is 0 Å². The lowest BCUT2D eigenvalue weighted by atomic mass is 10.00. The zero-order valence-corrected chi connectivity index (χ0v) is 12.2. The lowest BCUT2D eigenvalue weighted by Crippen LogP contribution is -2.45. The summed E-state index contributed by atoms with van der Waals surface area (Å²) in [6.45, 7) is 4.80. The van der Waals surface area contributed by atoms with E-state index in [2.05, 4.69) is 15.3 Å². The number of carboxylic acids is 1. The molecule has 0 aliphatic heterocycles. The van der Waals surface area contributed by atoms with E-state index in [0.29, 0.717) is 11.3 Å². The third-order valence-corrected chi connectivity index (χ3v) is 2.93. The Morgan fingerprint density at radius 3 is 2.38 bits per heavy atom. The lowest BCUT2D eigenvalue weighted by Gasteiger charge is -2.24. The quantitative estimate of drug-likeness (QED) is 0.571. The highest BCUT2D eigenvalue weighted by Gasteiger charge is 2.23. The minimum atomic E-state index is -1.01. The molecule has 0 unspecified atom stereocenters. The van der Waals surface area contributed by atoms with Crippen molar-refractivity contribution in [1.29, 1.82) is 0 Å². The first-order chi connectivity index (χ1) is 9.60. The molecule has 1 heterocycles. The number of H-pyrrole nitrogens is 2. The van der Waals surface area contributed by atoms with Gasteiger partial charge in [0.15, 0.2) is 0 Å². The van der Waals surface area contributed by atoms with Crippen LogP contribution in [0.5, 0.6) is 0 Å². The van der Waals surface area contributed by atoms with Crippen LogP contribution in [0.4, 0.5) is 0 Å². The SMILES string of the molecule is Cc1[nH]c(=O)[nH]c(=O)c1CCC(=O)NC(C)(C)CC(=O)O. The molecule has 0 bridgehead atoms. The van der Waals surface area contributed by atoms with Gasteiger partial charge in [-0.05, 0) is 27.2 Å². The molecular weight excluding hydrogens is 278 g/mol. The van der Waals surface area contributed by atoms with Crippen molar-refractivity contribution >= 4 is 11.9 Å². The summed E-state index contributed by atoms with van der Waals surface area (Å²) in [7, 11) is 0. The molecule has 4 N–H and O–H groups in total. The molecular formula is C13H19N3O5. The Morgan fingerprint density at radius 2 is 1.86 bits per heavy atom. The summed E-state index contributed by atoms with van der Waals surface area (Å²) in [5.74, 6) is -1.36. The van der Waals surface area contributed by atoms with Crippen molar-refractivity contribution in [3.8, 4) is 0 Å². The molecule has 0 radical (unpaired) electrons. The standard InChI is InChI=1S/C13H19N3O5/c1-7-8(11(20)15-12(21)14-7)4-5-9(17)16-13(2,3)6-10(18)19/h4-6H2,1-3H3,(H,16,17)(H,18,19)(H2,14,15,20,21). The van der Waals surface area contributed by atoms with Gasteiger partial charge in [0, 0.05) is 23.2 Å². The number of nitrogens with one attached hydrogen (secondary N) is 3. The Kier molecular flexibility index (Phi) is 5.07. The molecule has 0 atom stereocenters. The number of carbonyl (C=O) groups is 2. The Hall–Kier alpha value is -2.38. The average molecular weight is 297 g/mol. The molecule has 116 valence electrons. The number of aromatic amines is 2. The second kappa shape index (κ2) is 6.38. The maximum absolute atomic E-state index is 11.8. The van der Waals surface area contributed by atoms with Gasteiger partial charge in [-0.2, -0.15) is 0 Å². The van der Waals surface area contributed by atoms with Crippen molar-refractivity contribution in [2.24, 2.45) is 0 Å². The van der Waals surface area contributed by atoms with E-state index in [1.807, 2.05) is 0 Å². The smallest absolute Gasteiger partial charge is 0.325 e. The van der Waals surface area contributed by atoms with Crippen LogP contribution in [0.3, 0.4) is 0 Å². The fourth-order valence-corrected chi connectivity index (χ4v) is 2.03. The summed E-state index contributed by atoms with van der Waals surface area (Å²) in [6.07, 6.45) is -0.0110. The van der Waals surface area contributed by atoms with Crippen LogP contribution in [0.25, 0.3) is 0 Å². The van der Waals surface area contributed by atoms with Crippen LogP contribution >= 0.6 is 0 Å². The number of carboxylic acid groups (broad SMARTS) is 1. The molecule has 1 aromatic rings. The number of carbonyl (C=O) groups excluding carboxylic acids is 1. The molecule has 1 aromatic heterocycles. The summed E-state index contributed by atoms with van der Waals surface area (Å²) in [4.78, 5) is 49.7. The number of aliphatic carboxylic acids is 1. The van der Waals surface area contributed by atoms with Crippen molar-refractivity contribution in [3.05, 3.63) is 32.1 Å². The number of hydrogen-bond donors (Lipinski definition) is 4. The first kappa shape index (κ1) is 16.7. The van der Waals surface area contributed by atoms with Gasteiger partial charge in [0.25, 0.3) is 5.56 Å². The van der Waals surface area contributed by atoms with Gasteiger partial charge >= 0.3 is 11.7 Å². The highest BCUT2D eigenvalue weighted by molar-refractivity contribution is 5.78. The van der Waals surface area contributed by atoms with Crippen LogP contribution < -0.4 is 16.6 Å². The molecule has 0 aliphatic rings. The molecule has 0 saturated carbocycles. The summed E-state index contributed by atoms with van der Waals surface area (Å²) < 4.78 is 0. The van der Waals surface area contributed by atoms with Crippen molar-refractivity contribution in [3.63, 3.8) is 0 Å². The van der Waals surface area contributed by atoms with Gasteiger partial charge < -0.3 is 15.4 Å². The Bertz CT molecular complexity index is 657. The van der Waals surface area contributed by atoms with Gasteiger partial charge in [0.1, 0.15) is 0 Å². The third-order valence-electron chi connectivity index (χ3n) is 2.93. The van der Waals surface area contributed by atoms with Crippen LogP contribution in [-0.4, -0.2) is 32.5 Å². The molecule has 1 amide bonds. The molecule has 0 saturated heterocycles. The van der Waals surface area contributed by atoms with E-state index < -0.39 is 22.8 Å². The number of aromatic nitrogens is 2. The summed E-state index contributed by atoms with van der Waals surface area (Å²) in [5.41, 5.74) is -1.22. The second-order valence-corrected chi connectivity index (χ2v) is 5.51. The minimum absolute atomic E-state index is 0.0268. The summed E-state index contributed by atoms with van der Waals surface area (Å²) in [5, 5.41) is 11.3. The molecule has 0 fully saturated rings. The normalized spacial score (nSPS) is 11.2. The molecule has 0 aliphatic carbocycles. The van der Waals surface area contributed by atoms with Crippen molar-refractivity contribution in [2.45, 2.75) is 45.6 Å². The van der Waals surface area contributed by atoms with E-state index in [0.717, 1.165) is 0 Å². The first-order valence-corrected chi connectivity index (χ1v) is 6.45. The zero-order valence-electron chi connectivity index (χ0n) is 12.2. The summed E-state index contributed by atoms with van der Waals surface area (Å²) in [6, 6.07) is 0. The number of amides is 1. The van der Waals surface area contributed by atoms with Gasteiger partial charge in [0.05, 0.1) is 6.42 Å². The predicted molar refractivity (Wildman–Crippen MR) is 75.2 cm³/mol. The highest BCUT2D eigenvalue weighted by Crippen LogP contribution is 2.09. The second-order valence-electron chi connectivity index (χ2n) is 5.51. The van der Waals surface area contributed by atoms with Crippen LogP contribution in [0.15, 0.2) is 9.59 Å². The van der Waals surface area contributed by atoms with Gasteiger partial charge in [-0.1, -0.05) is 0 Å². The minimum Gasteiger partial charge on any atom is -0.481 e. The van der Waals surface area contributed by atoms with E-state index in [4.69, 9.17) is 5.11 Å². The van der Waals surface area contributed by atoms with Crippen LogP contribution in [-0.2, 0) is 16.0 Å². The predicted octanol–water partition coefficient (Wildman–Crippen LogP) is -0.326. The largest absolute Gasteiger partial charge is 0.481 e. The van der Waals surface area contributed by atoms with Crippen LogP contribution in [0, 0.1) is 6.92 Å². The molecule has 8 nitrogen and oxygen atoms in total. The van der Waals surface area contributed by atoms with Crippen molar-refractivity contribution in [2.75, 3.05) is 0 Å². The van der Waals surface area contributed by atoms with Crippen molar-refractivity contribution in [1.82, 2.24) is 15.3 Å². The van der Waals surface area contributed by atoms with E-state index in [1.165, 1.54) is 0 Å². The summed E-state index contributed by atoms with van der Waals surface area (Å²) >= 11 is 0. The Labute approximate surface area is 120 Å². The number of hydrogen-bond acceptors (Lipinski definition) is 4. The van der Waals surface area contributed by atoms with Crippen LogP contribution in [0.2, 0.25) is 0 Å². The fraction of sp³-hybridized carbons (Fsp3) is 0.538. The van der Waals surface area contributed by atoms with Gasteiger partial charge in [-0.15, -0.1) is 0 Å². The first-order valence-electron chi connectivity index (χ1n) is 6.45. The average Bonchev–Trinajstić information content (AvgIpc) is 2.24. The van der Waals surface area contributed by atoms with Gasteiger partial charge in [-0.3, -0.25) is 19.4 Å². The monoisotopic (exact) mass is 297 g/mol. The van der Waals surface area contributed by atoms with E-state index in [1.54, 1.807) is 20.8 Å². The highest BCUT2D eigenvalue weighted by atomic mass is 16.4. The number of aryl methyl sites for hydroxylation is 1. The zero-order chi connectivity index (χ0) is 16.2. The lowest BCUT2D eigenvalue weighted by molar-refractivity contribution is -0.138. The van der Waals surface area contributed by atoms with Gasteiger partial charge in [0.2, 0.25) is 5.91 Å². The molecule has 8 heteroatoms. The number of rotatable bonds is 6. The van der Waals surface area contributed by atoms with Crippen LogP contribution in [0.1, 0.15) is 37.9 Å². The van der Waals surface area contributed by atoms with E-state index in [9.17, 15) is 19.2 Å².